The molecule has 2 aromatic heterocycles. The van der Waals surface area contributed by atoms with Gasteiger partial charge in [-0.3, -0.25) is 14.6 Å². The molecule has 6 rings (SSSR count). The van der Waals surface area contributed by atoms with Crippen molar-refractivity contribution in [2.45, 2.75) is 90.1 Å². The summed E-state index contributed by atoms with van der Waals surface area (Å²) in [5.41, 5.74) is 0.690. The molecule has 2 fully saturated rings. The monoisotopic (exact) mass is 638 g/mol. The number of hydrogen-bond acceptors (Lipinski definition) is 7. The summed E-state index contributed by atoms with van der Waals surface area (Å²) < 4.78 is 45.8. The first-order valence-corrected chi connectivity index (χ1v) is 16.3. The molecule has 9 nitrogen and oxygen atoms in total. The maximum atomic E-state index is 14.6. The Balaban J connectivity index is 1.37. The van der Waals surface area contributed by atoms with Crippen LogP contribution in [-0.4, -0.2) is 74.2 Å². The number of carbonyl (C=O) groups is 1. The molecule has 0 bridgehead atoms. The molecule has 248 valence electrons. The van der Waals surface area contributed by atoms with Crippen molar-refractivity contribution in [3.63, 3.8) is 0 Å². The highest BCUT2D eigenvalue weighted by Crippen LogP contribution is 2.48. The standard InChI is InChI=1S/C34H45F3N8O/c1-21(2)28-19-42(5)10-11-44(28)17-23-12-25-26(27(13-23)34(35,36)37)18-45(32(25)46)30-15-24(14-29(40-30)39-22(3)4)33(8-7-9-33)16-31-41-38-20-43(31)6/h12-15,20-22,28H,7-11,16-19H2,1-6H3,(H,39,40)/t28-/m1/s1. The fourth-order valence-corrected chi connectivity index (χ4v) is 7.32. The van der Waals surface area contributed by atoms with Gasteiger partial charge in [0.15, 0.2) is 0 Å². The second-order valence-electron chi connectivity index (χ2n) is 14.2. The number of nitrogens with zero attached hydrogens (tertiary/aromatic N) is 7. The molecule has 12 heteroatoms. The molecule has 3 aromatic rings. The molecule has 1 saturated carbocycles. The highest BCUT2D eigenvalue weighted by molar-refractivity contribution is 6.10. The van der Waals surface area contributed by atoms with E-state index in [0.29, 0.717) is 36.1 Å². The number of anilines is 2. The Kier molecular flexibility index (Phi) is 8.64. The van der Waals surface area contributed by atoms with E-state index in [0.717, 1.165) is 50.3 Å². The average molecular weight is 639 g/mol. The second-order valence-corrected chi connectivity index (χ2v) is 14.2. The highest BCUT2D eigenvalue weighted by Gasteiger charge is 2.44. The molecule has 1 saturated heterocycles. The molecule has 1 aromatic carbocycles. The number of rotatable bonds is 9. The number of likely N-dealkylation sites (N-methyl/N-ethyl adjacent to an activating group) is 1. The van der Waals surface area contributed by atoms with Crippen molar-refractivity contribution in [3.8, 4) is 0 Å². The predicted octanol–water partition coefficient (Wildman–Crippen LogP) is 5.65. The zero-order chi connectivity index (χ0) is 33.0. The first-order valence-electron chi connectivity index (χ1n) is 16.3. The first kappa shape index (κ1) is 32.4. The third kappa shape index (κ3) is 6.25. The van der Waals surface area contributed by atoms with Gasteiger partial charge in [0.05, 0.1) is 12.1 Å². The van der Waals surface area contributed by atoms with Crippen LogP contribution in [0.5, 0.6) is 0 Å². The van der Waals surface area contributed by atoms with Crippen LogP contribution in [0.15, 0.2) is 30.6 Å². The van der Waals surface area contributed by atoms with Crippen LogP contribution in [0.4, 0.5) is 24.8 Å². The van der Waals surface area contributed by atoms with Crippen LogP contribution in [0.2, 0.25) is 0 Å². The summed E-state index contributed by atoms with van der Waals surface area (Å²) >= 11 is 0. The zero-order valence-corrected chi connectivity index (χ0v) is 27.7. The number of amides is 1. The number of piperazine rings is 1. The molecule has 1 N–H and O–H groups in total. The van der Waals surface area contributed by atoms with Gasteiger partial charge >= 0.3 is 6.18 Å². The van der Waals surface area contributed by atoms with Gasteiger partial charge in [0.1, 0.15) is 23.8 Å². The smallest absolute Gasteiger partial charge is 0.368 e. The van der Waals surface area contributed by atoms with Crippen molar-refractivity contribution < 1.29 is 18.0 Å². The van der Waals surface area contributed by atoms with E-state index in [1.165, 1.54) is 11.0 Å². The average Bonchev–Trinajstić information content (AvgIpc) is 3.52. The zero-order valence-electron chi connectivity index (χ0n) is 27.7. The molecule has 1 amide bonds. The molecule has 3 aliphatic rings. The lowest BCUT2D eigenvalue weighted by atomic mass is 9.62. The fourth-order valence-electron chi connectivity index (χ4n) is 7.32. The van der Waals surface area contributed by atoms with Gasteiger partial charge in [-0.2, -0.15) is 13.2 Å². The molecule has 0 unspecified atom stereocenters. The molecule has 2 aliphatic heterocycles. The van der Waals surface area contributed by atoms with Gasteiger partial charge in [0, 0.05) is 62.7 Å². The van der Waals surface area contributed by atoms with Gasteiger partial charge in [-0.05, 0) is 80.6 Å². The Labute approximate surface area is 269 Å². The third-order valence-electron chi connectivity index (χ3n) is 10.0. The normalized spacial score (nSPS) is 20.5. The van der Waals surface area contributed by atoms with E-state index in [9.17, 15) is 18.0 Å². The number of hydrogen-bond donors (Lipinski definition) is 1. The number of aryl methyl sites for hydroxylation is 1. The Morgan fingerprint density at radius 3 is 2.43 bits per heavy atom. The van der Waals surface area contributed by atoms with Crippen LogP contribution in [-0.2, 0) is 38.1 Å². The van der Waals surface area contributed by atoms with Gasteiger partial charge in [-0.15, -0.1) is 10.2 Å². The minimum atomic E-state index is -4.60. The molecule has 1 atom stereocenters. The molecular formula is C34H45F3N8O. The Morgan fingerprint density at radius 2 is 1.83 bits per heavy atom. The number of fused-ring (bicyclic) bond motifs is 1. The Morgan fingerprint density at radius 1 is 1.07 bits per heavy atom. The second kappa shape index (κ2) is 12.3. The van der Waals surface area contributed by atoms with E-state index in [4.69, 9.17) is 4.98 Å². The van der Waals surface area contributed by atoms with Crippen LogP contribution in [0.25, 0.3) is 0 Å². The van der Waals surface area contributed by atoms with E-state index >= 15 is 0 Å². The van der Waals surface area contributed by atoms with Crippen molar-refractivity contribution in [2.24, 2.45) is 13.0 Å². The van der Waals surface area contributed by atoms with Gasteiger partial charge in [-0.25, -0.2) is 4.98 Å². The maximum Gasteiger partial charge on any atom is 0.416 e. The number of carbonyl (C=O) groups excluding carboxylic acids is 1. The summed E-state index contributed by atoms with van der Waals surface area (Å²) in [5.74, 6) is 1.72. The molecule has 4 heterocycles. The number of benzene rings is 1. The summed E-state index contributed by atoms with van der Waals surface area (Å²) in [6, 6.07) is 7.14. The van der Waals surface area contributed by atoms with Crippen LogP contribution >= 0.6 is 0 Å². The van der Waals surface area contributed by atoms with Crippen LogP contribution < -0.4 is 10.2 Å². The lowest BCUT2D eigenvalue weighted by Crippen LogP contribution is -2.53. The van der Waals surface area contributed by atoms with E-state index in [1.807, 2.05) is 37.6 Å². The first-order chi connectivity index (χ1) is 21.7. The number of nitrogens with one attached hydrogen (secondary N) is 1. The minimum absolute atomic E-state index is 0.0167. The molecule has 0 radical (unpaired) electrons. The van der Waals surface area contributed by atoms with E-state index in [1.54, 1.807) is 12.4 Å². The largest absolute Gasteiger partial charge is 0.416 e. The number of alkyl halides is 3. The maximum absolute atomic E-state index is 14.6. The highest BCUT2D eigenvalue weighted by atomic mass is 19.4. The summed E-state index contributed by atoms with van der Waals surface area (Å²) in [4.78, 5) is 24.8. The van der Waals surface area contributed by atoms with Crippen molar-refractivity contribution >= 4 is 17.5 Å². The van der Waals surface area contributed by atoms with Crippen molar-refractivity contribution in [2.75, 3.05) is 36.9 Å². The molecule has 46 heavy (non-hydrogen) atoms. The van der Waals surface area contributed by atoms with Gasteiger partial charge in [-0.1, -0.05) is 20.3 Å². The number of pyridine rings is 1. The molecule has 0 spiro atoms. The van der Waals surface area contributed by atoms with Crippen molar-refractivity contribution in [1.29, 1.82) is 0 Å². The predicted molar refractivity (Wildman–Crippen MR) is 172 cm³/mol. The van der Waals surface area contributed by atoms with Gasteiger partial charge < -0.3 is 14.8 Å². The van der Waals surface area contributed by atoms with E-state index < -0.39 is 17.6 Å². The number of aromatic nitrogens is 4. The Bertz CT molecular complexity index is 1600. The Hall–Kier alpha value is -3.51. The minimum Gasteiger partial charge on any atom is -0.368 e. The summed E-state index contributed by atoms with van der Waals surface area (Å²) in [5, 5.41) is 11.7. The summed E-state index contributed by atoms with van der Waals surface area (Å²) in [7, 11) is 4.00. The van der Waals surface area contributed by atoms with Crippen molar-refractivity contribution in [3.05, 3.63) is 64.2 Å². The van der Waals surface area contributed by atoms with Crippen LogP contribution in [0, 0.1) is 5.92 Å². The van der Waals surface area contributed by atoms with Gasteiger partial charge in [0.2, 0.25) is 0 Å². The lowest BCUT2D eigenvalue weighted by Gasteiger charge is -2.42. The van der Waals surface area contributed by atoms with Crippen molar-refractivity contribution in [1.82, 2.24) is 29.5 Å². The topological polar surface area (TPSA) is 82.4 Å². The number of halogens is 3. The third-order valence-corrected chi connectivity index (χ3v) is 10.0. The molecular weight excluding hydrogens is 593 g/mol. The fraction of sp³-hybridized carbons (Fsp3) is 0.588. The lowest BCUT2D eigenvalue weighted by molar-refractivity contribution is -0.138. The molecule has 1 aliphatic carbocycles. The van der Waals surface area contributed by atoms with Crippen LogP contribution in [0.1, 0.15) is 85.4 Å². The van der Waals surface area contributed by atoms with E-state index in [-0.39, 0.29) is 35.2 Å². The van der Waals surface area contributed by atoms with Crippen LogP contribution in [0.3, 0.4) is 0 Å². The summed E-state index contributed by atoms with van der Waals surface area (Å²) in [6.45, 7) is 10.9. The quantitative estimate of drug-likeness (QED) is 0.325. The summed E-state index contributed by atoms with van der Waals surface area (Å²) in [6.07, 6.45) is 0.687. The SMILES string of the molecule is CC(C)Nc1cc(C2(Cc3nncn3C)CCC2)cc(N2Cc3c(cc(CN4CCN(C)C[C@@H]4C(C)C)cc3C(F)(F)F)C2=O)n1. The van der Waals surface area contributed by atoms with E-state index in [2.05, 4.69) is 46.2 Å². The van der Waals surface area contributed by atoms with Gasteiger partial charge in [0.25, 0.3) is 5.91 Å².